The number of aryl methyl sites for hydroxylation is 1. The van der Waals surface area contributed by atoms with Crippen LogP contribution in [0.15, 0.2) is 47.4 Å². The van der Waals surface area contributed by atoms with Gasteiger partial charge in [-0.3, -0.25) is 4.79 Å². The molecule has 0 saturated carbocycles. The highest BCUT2D eigenvalue weighted by Gasteiger charge is 2.28. The van der Waals surface area contributed by atoms with Gasteiger partial charge < -0.3 is 10.1 Å². The minimum Gasteiger partial charge on any atom is -0.376 e. The number of carbonyl (C=O) groups excluding carboxylic acids is 1. The fraction of sp³-hybridized carbons (Fsp3) is 0.381. The average molecular weight is 471 g/mol. The molecular weight excluding hydrogens is 447 g/mol. The van der Waals surface area contributed by atoms with E-state index < -0.39 is 15.9 Å². The summed E-state index contributed by atoms with van der Waals surface area (Å²) in [5.41, 5.74) is 1.38. The van der Waals surface area contributed by atoms with Crippen LogP contribution >= 0.6 is 23.2 Å². The van der Waals surface area contributed by atoms with Gasteiger partial charge in [-0.15, -0.1) is 0 Å². The largest absolute Gasteiger partial charge is 0.376 e. The monoisotopic (exact) mass is 470 g/mol. The quantitative estimate of drug-likeness (QED) is 0.636. The summed E-state index contributed by atoms with van der Waals surface area (Å²) in [5, 5.41) is 3.45. The summed E-state index contributed by atoms with van der Waals surface area (Å²) in [6.45, 7) is 2.42. The molecule has 0 spiro atoms. The first-order chi connectivity index (χ1) is 14.3. The van der Waals surface area contributed by atoms with Crippen molar-refractivity contribution in [3.63, 3.8) is 0 Å². The molecule has 0 aliphatic carbocycles. The van der Waals surface area contributed by atoms with Crippen LogP contribution in [0.5, 0.6) is 0 Å². The summed E-state index contributed by atoms with van der Waals surface area (Å²) < 4.78 is 33.2. The number of nitrogens with one attached hydrogen (secondary N) is 1. The van der Waals surface area contributed by atoms with Gasteiger partial charge in [0.05, 0.1) is 17.5 Å². The van der Waals surface area contributed by atoms with Crippen molar-refractivity contribution in [3.05, 3.63) is 63.6 Å². The first-order valence-corrected chi connectivity index (χ1v) is 11.8. The minimum absolute atomic E-state index is 0.0332. The van der Waals surface area contributed by atoms with Gasteiger partial charge in [-0.1, -0.05) is 47.0 Å². The second-order valence-corrected chi connectivity index (χ2v) is 9.98. The molecule has 1 heterocycles. The molecule has 2 aromatic rings. The first-order valence-electron chi connectivity index (χ1n) is 9.65. The Hall–Kier alpha value is -1.64. The molecule has 1 unspecified atom stereocenters. The normalized spacial score (nSPS) is 16.7. The molecule has 3 rings (SSSR count). The minimum atomic E-state index is -3.96. The van der Waals surface area contributed by atoms with E-state index in [-0.39, 0.29) is 24.1 Å². The lowest BCUT2D eigenvalue weighted by Crippen LogP contribution is -2.42. The maximum atomic E-state index is 13.3. The lowest BCUT2D eigenvalue weighted by Gasteiger charge is -2.23. The van der Waals surface area contributed by atoms with Crippen molar-refractivity contribution in [1.82, 2.24) is 9.62 Å². The molecule has 1 atom stereocenters. The number of hydrogen-bond donors (Lipinski definition) is 1. The zero-order chi connectivity index (χ0) is 21.7. The number of nitrogens with zero attached hydrogens (tertiary/aromatic N) is 1. The van der Waals surface area contributed by atoms with E-state index in [1.807, 2.05) is 6.92 Å². The van der Waals surface area contributed by atoms with Crippen LogP contribution in [-0.2, 0) is 26.1 Å². The smallest absolute Gasteiger partial charge is 0.243 e. The molecule has 1 aliphatic rings. The van der Waals surface area contributed by atoms with E-state index in [2.05, 4.69) is 5.32 Å². The highest BCUT2D eigenvalue weighted by atomic mass is 35.5. The molecule has 162 valence electrons. The van der Waals surface area contributed by atoms with Crippen molar-refractivity contribution in [2.24, 2.45) is 0 Å². The van der Waals surface area contributed by atoms with Crippen molar-refractivity contribution in [2.75, 3.05) is 19.7 Å². The molecule has 6 nitrogen and oxygen atoms in total. The number of carbonyl (C=O) groups is 1. The summed E-state index contributed by atoms with van der Waals surface area (Å²) >= 11 is 12.5. The lowest BCUT2D eigenvalue weighted by atomic mass is 10.2. The van der Waals surface area contributed by atoms with E-state index in [9.17, 15) is 13.2 Å². The van der Waals surface area contributed by atoms with Crippen molar-refractivity contribution in [2.45, 2.75) is 37.3 Å². The molecule has 1 N–H and O–H groups in total. The molecule has 2 aromatic carbocycles. The molecule has 1 amide bonds. The van der Waals surface area contributed by atoms with Crippen LogP contribution in [0.1, 0.15) is 24.0 Å². The Labute approximate surface area is 187 Å². The molecular formula is C21H24Cl2N2O4S. The number of sulfonamides is 1. The van der Waals surface area contributed by atoms with Gasteiger partial charge in [0, 0.05) is 35.3 Å². The van der Waals surface area contributed by atoms with Gasteiger partial charge in [-0.25, -0.2) is 8.42 Å². The molecule has 0 aromatic heterocycles. The van der Waals surface area contributed by atoms with Crippen molar-refractivity contribution >= 4 is 39.1 Å². The number of hydrogen-bond acceptors (Lipinski definition) is 4. The molecule has 30 heavy (non-hydrogen) atoms. The van der Waals surface area contributed by atoms with Crippen LogP contribution in [0.4, 0.5) is 0 Å². The van der Waals surface area contributed by atoms with Crippen LogP contribution < -0.4 is 5.32 Å². The summed E-state index contributed by atoms with van der Waals surface area (Å²) in [4.78, 5) is 12.7. The van der Waals surface area contributed by atoms with Crippen molar-refractivity contribution in [1.29, 1.82) is 0 Å². The van der Waals surface area contributed by atoms with Crippen LogP contribution in [0, 0.1) is 6.92 Å². The van der Waals surface area contributed by atoms with Gasteiger partial charge in [0.25, 0.3) is 0 Å². The van der Waals surface area contributed by atoms with E-state index in [1.165, 1.54) is 12.1 Å². The van der Waals surface area contributed by atoms with E-state index >= 15 is 0 Å². The fourth-order valence-corrected chi connectivity index (χ4v) is 5.08. The first kappa shape index (κ1) is 23.0. The Bertz CT molecular complexity index is 970. The Morgan fingerprint density at radius 3 is 2.43 bits per heavy atom. The fourth-order valence-electron chi connectivity index (χ4n) is 3.19. The zero-order valence-corrected chi connectivity index (χ0v) is 18.9. The van der Waals surface area contributed by atoms with E-state index in [0.717, 1.165) is 22.7 Å². The zero-order valence-electron chi connectivity index (χ0n) is 16.6. The van der Waals surface area contributed by atoms with Gasteiger partial charge in [-0.2, -0.15) is 4.31 Å². The summed E-state index contributed by atoms with van der Waals surface area (Å²) in [5.74, 6) is -0.413. The third-order valence-electron chi connectivity index (χ3n) is 4.93. The van der Waals surface area contributed by atoms with Gasteiger partial charge in [0.1, 0.15) is 0 Å². The SMILES string of the molecule is Cc1ccc(S(=O)(=O)N(CC(=O)NCC2CCCO2)Cc2c(Cl)cccc2Cl)cc1. The lowest BCUT2D eigenvalue weighted by molar-refractivity contribution is -0.121. The molecule has 9 heteroatoms. The van der Waals surface area contributed by atoms with Crippen molar-refractivity contribution in [3.8, 4) is 0 Å². The number of benzene rings is 2. The summed E-state index contributed by atoms with van der Waals surface area (Å²) in [6.07, 6.45) is 1.80. The van der Waals surface area contributed by atoms with Crippen molar-refractivity contribution < 1.29 is 17.9 Å². The molecule has 1 saturated heterocycles. The van der Waals surface area contributed by atoms with Crippen LogP contribution in [0.3, 0.4) is 0 Å². The van der Waals surface area contributed by atoms with Crippen LogP contribution in [0.2, 0.25) is 10.0 Å². The average Bonchev–Trinajstić information content (AvgIpc) is 3.22. The Kier molecular flexibility index (Phi) is 7.76. The third kappa shape index (κ3) is 5.74. The standard InChI is InChI=1S/C21H24Cl2N2O4S/c1-15-7-9-17(10-8-15)30(27,28)25(13-18-19(22)5-2-6-20(18)23)14-21(26)24-12-16-4-3-11-29-16/h2,5-10,16H,3-4,11-14H2,1H3,(H,24,26). The number of amides is 1. The Morgan fingerprint density at radius 2 is 1.83 bits per heavy atom. The maximum absolute atomic E-state index is 13.3. The Morgan fingerprint density at radius 1 is 1.17 bits per heavy atom. The third-order valence-corrected chi connectivity index (χ3v) is 7.44. The van der Waals surface area contributed by atoms with Gasteiger partial charge in [0.2, 0.25) is 15.9 Å². The number of halogens is 2. The molecule has 1 fully saturated rings. The highest BCUT2D eigenvalue weighted by molar-refractivity contribution is 7.89. The molecule has 0 bridgehead atoms. The molecule has 1 aliphatic heterocycles. The number of rotatable bonds is 8. The summed E-state index contributed by atoms with van der Waals surface area (Å²) in [7, 11) is -3.96. The van der Waals surface area contributed by atoms with Gasteiger partial charge in [0.15, 0.2) is 0 Å². The van der Waals surface area contributed by atoms with Crippen LogP contribution in [-0.4, -0.2) is 44.4 Å². The van der Waals surface area contributed by atoms with Gasteiger partial charge in [-0.05, 0) is 44.0 Å². The molecule has 0 radical (unpaired) electrons. The Balaban J connectivity index is 1.83. The van der Waals surface area contributed by atoms with Gasteiger partial charge >= 0.3 is 0 Å². The van der Waals surface area contributed by atoms with E-state index in [1.54, 1.807) is 30.3 Å². The van der Waals surface area contributed by atoms with Crippen LogP contribution in [0.25, 0.3) is 0 Å². The predicted molar refractivity (Wildman–Crippen MR) is 117 cm³/mol. The maximum Gasteiger partial charge on any atom is 0.243 e. The highest BCUT2D eigenvalue weighted by Crippen LogP contribution is 2.28. The second kappa shape index (κ2) is 10.1. The topological polar surface area (TPSA) is 75.7 Å². The summed E-state index contributed by atoms with van der Waals surface area (Å²) in [6, 6.07) is 11.4. The number of ether oxygens (including phenoxy) is 1. The van der Waals surface area contributed by atoms with E-state index in [0.29, 0.717) is 28.8 Å². The second-order valence-electron chi connectivity index (χ2n) is 7.23. The predicted octanol–water partition coefficient (Wildman–Crippen LogP) is 3.79. The van der Waals surface area contributed by atoms with E-state index in [4.69, 9.17) is 27.9 Å².